The molecular weight excluding hydrogens is 268 g/mol. The highest BCUT2D eigenvalue weighted by Crippen LogP contribution is 2.43. The molecule has 1 amide bonds. The summed E-state index contributed by atoms with van der Waals surface area (Å²) in [6, 6.07) is 0. The molecular formula is C15H28N4O2. The molecule has 1 atom stereocenters. The molecule has 21 heavy (non-hydrogen) atoms. The molecule has 0 spiro atoms. The second kappa shape index (κ2) is 5.83. The molecule has 1 aliphatic heterocycles. The normalized spacial score (nSPS) is 29.3. The van der Waals surface area contributed by atoms with Crippen LogP contribution in [0.2, 0.25) is 0 Å². The highest BCUT2D eigenvalue weighted by Gasteiger charge is 2.45. The number of nitrogens with two attached hydrogens (primary N) is 1. The molecule has 1 aliphatic carbocycles. The van der Waals surface area contributed by atoms with Crippen LogP contribution in [0.15, 0.2) is 5.16 Å². The lowest BCUT2D eigenvalue weighted by molar-refractivity contribution is -0.129. The first-order valence-corrected chi connectivity index (χ1v) is 7.79. The first-order valence-electron chi connectivity index (χ1n) is 7.79. The summed E-state index contributed by atoms with van der Waals surface area (Å²) in [5, 5.41) is 15.4. The van der Waals surface area contributed by atoms with Gasteiger partial charge in [-0.15, -0.1) is 0 Å². The van der Waals surface area contributed by atoms with Gasteiger partial charge in [-0.25, -0.2) is 0 Å². The maximum Gasteiger partial charge on any atom is 0.224 e. The van der Waals surface area contributed by atoms with Crippen molar-refractivity contribution in [1.29, 1.82) is 0 Å². The van der Waals surface area contributed by atoms with Gasteiger partial charge in [0.05, 0.1) is 0 Å². The summed E-state index contributed by atoms with van der Waals surface area (Å²) in [7, 11) is 2.04. The van der Waals surface area contributed by atoms with Crippen LogP contribution in [0.5, 0.6) is 0 Å². The maximum absolute atomic E-state index is 12.7. The predicted molar refractivity (Wildman–Crippen MR) is 82.1 cm³/mol. The van der Waals surface area contributed by atoms with Crippen LogP contribution in [0.3, 0.4) is 0 Å². The van der Waals surface area contributed by atoms with E-state index in [9.17, 15) is 4.79 Å². The Labute approximate surface area is 126 Å². The highest BCUT2D eigenvalue weighted by atomic mass is 16.4. The maximum atomic E-state index is 12.7. The van der Waals surface area contributed by atoms with Gasteiger partial charge in [0.15, 0.2) is 5.84 Å². The third-order valence-corrected chi connectivity index (χ3v) is 5.37. The van der Waals surface area contributed by atoms with Crippen molar-refractivity contribution in [1.82, 2.24) is 10.2 Å². The molecule has 6 nitrogen and oxygen atoms in total. The molecule has 0 radical (unpaired) electrons. The van der Waals surface area contributed by atoms with Crippen molar-refractivity contribution in [3.05, 3.63) is 0 Å². The van der Waals surface area contributed by atoms with Crippen LogP contribution in [-0.4, -0.2) is 47.5 Å². The van der Waals surface area contributed by atoms with E-state index in [1.165, 1.54) is 0 Å². The summed E-state index contributed by atoms with van der Waals surface area (Å²) in [5.74, 6) is 0.189. The van der Waals surface area contributed by atoms with Crippen molar-refractivity contribution in [2.75, 3.05) is 20.1 Å². The molecule has 1 unspecified atom stereocenters. The number of nitrogens with zero attached hydrogens (tertiary/aromatic N) is 2. The average molecular weight is 296 g/mol. The molecule has 2 aliphatic rings. The number of carbonyl (C=O) groups is 1. The second-order valence-corrected chi connectivity index (χ2v) is 7.29. The van der Waals surface area contributed by atoms with Gasteiger partial charge in [-0.2, -0.15) is 0 Å². The summed E-state index contributed by atoms with van der Waals surface area (Å²) >= 11 is 0. The van der Waals surface area contributed by atoms with Gasteiger partial charge in [-0.1, -0.05) is 25.4 Å². The minimum absolute atomic E-state index is 0.0144. The lowest BCUT2D eigenvalue weighted by Crippen LogP contribution is -2.63. The first-order chi connectivity index (χ1) is 9.81. The zero-order valence-electron chi connectivity index (χ0n) is 13.4. The van der Waals surface area contributed by atoms with Gasteiger partial charge < -0.3 is 21.2 Å². The standard InChI is InChI=1S/C15H28N4O2/c1-14(2)6-4-5-11(14)12(20)17-15(13(16)18-21)7-9-19(3)10-8-15/h11,21H,4-10H2,1-3H3,(H2,16,18)(H,17,20). The van der Waals surface area contributed by atoms with Crippen LogP contribution < -0.4 is 11.1 Å². The molecule has 0 aromatic carbocycles. The Kier molecular flexibility index (Phi) is 4.46. The van der Waals surface area contributed by atoms with Gasteiger partial charge in [-0.3, -0.25) is 4.79 Å². The third kappa shape index (κ3) is 3.15. The highest BCUT2D eigenvalue weighted by molar-refractivity contribution is 5.94. The zero-order valence-corrected chi connectivity index (χ0v) is 13.4. The smallest absolute Gasteiger partial charge is 0.224 e. The molecule has 2 rings (SSSR count). The number of amidine groups is 1. The molecule has 4 N–H and O–H groups in total. The summed E-state index contributed by atoms with van der Waals surface area (Å²) in [6.07, 6.45) is 4.44. The molecule has 0 bridgehead atoms. The monoisotopic (exact) mass is 296 g/mol. The second-order valence-electron chi connectivity index (χ2n) is 7.29. The number of piperidine rings is 1. The molecule has 1 saturated heterocycles. The Morgan fingerprint density at radius 1 is 1.33 bits per heavy atom. The number of oxime groups is 1. The molecule has 1 heterocycles. The molecule has 120 valence electrons. The Morgan fingerprint density at radius 3 is 2.43 bits per heavy atom. The van der Waals surface area contributed by atoms with Crippen LogP contribution in [0.4, 0.5) is 0 Å². The summed E-state index contributed by atoms with van der Waals surface area (Å²) in [6.45, 7) is 5.94. The first kappa shape index (κ1) is 16.1. The van der Waals surface area contributed by atoms with Crippen LogP contribution in [0.1, 0.15) is 46.0 Å². The topological polar surface area (TPSA) is 91.0 Å². The van der Waals surface area contributed by atoms with E-state index in [4.69, 9.17) is 10.9 Å². The van der Waals surface area contributed by atoms with Crippen molar-refractivity contribution >= 4 is 11.7 Å². The fourth-order valence-electron chi connectivity index (χ4n) is 3.68. The van der Waals surface area contributed by atoms with E-state index in [0.717, 1.165) is 32.4 Å². The number of hydrogen-bond donors (Lipinski definition) is 3. The quantitative estimate of drug-likeness (QED) is 0.315. The van der Waals surface area contributed by atoms with Crippen molar-refractivity contribution in [2.45, 2.75) is 51.5 Å². The number of hydrogen-bond acceptors (Lipinski definition) is 4. The number of carbonyl (C=O) groups excluding carboxylic acids is 1. The Bertz CT molecular complexity index is 425. The Hall–Kier alpha value is -1.30. The minimum atomic E-state index is -0.697. The fraction of sp³-hybridized carbons (Fsp3) is 0.867. The Morgan fingerprint density at radius 2 is 1.95 bits per heavy atom. The van der Waals surface area contributed by atoms with E-state index < -0.39 is 5.54 Å². The SMILES string of the molecule is CN1CCC(NC(=O)C2CCCC2(C)C)(C(N)=NO)CC1. The molecule has 0 aromatic heterocycles. The number of rotatable bonds is 3. The fourth-order valence-corrected chi connectivity index (χ4v) is 3.68. The van der Waals surface area contributed by atoms with E-state index in [1.807, 2.05) is 7.05 Å². The summed E-state index contributed by atoms with van der Waals surface area (Å²) in [5.41, 5.74) is 5.24. The van der Waals surface area contributed by atoms with Crippen LogP contribution in [0.25, 0.3) is 0 Å². The lowest BCUT2D eigenvalue weighted by Gasteiger charge is -2.41. The van der Waals surface area contributed by atoms with Crippen molar-refractivity contribution in [3.8, 4) is 0 Å². The van der Waals surface area contributed by atoms with Gasteiger partial charge in [0.2, 0.25) is 5.91 Å². The van der Waals surface area contributed by atoms with Gasteiger partial charge in [0.25, 0.3) is 0 Å². The molecule has 6 heteroatoms. The summed E-state index contributed by atoms with van der Waals surface area (Å²) < 4.78 is 0. The minimum Gasteiger partial charge on any atom is -0.409 e. The third-order valence-electron chi connectivity index (χ3n) is 5.37. The average Bonchev–Trinajstić information content (AvgIpc) is 2.80. The zero-order chi connectivity index (χ0) is 15.7. The Balaban J connectivity index is 2.14. The number of amides is 1. The largest absolute Gasteiger partial charge is 0.409 e. The van der Waals surface area contributed by atoms with E-state index in [2.05, 4.69) is 29.2 Å². The van der Waals surface area contributed by atoms with E-state index in [1.54, 1.807) is 0 Å². The number of likely N-dealkylation sites (tertiary alicyclic amines) is 1. The molecule has 1 saturated carbocycles. The van der Waals surface area contributed by atoms with Gasteiger partial charge in [0.1, 0.15) is 5.54 Å². The van der Waals surface area contributed by atoms with Gasteiger partial charge in [-0.05, 0) is 38.1 Å². The van der Waals surface area contributed by atoms with Gasteiger partial charge in [0, 0.05) is 19.0 Å². The van der Waals surface area contributed by atoms with Crippen molar-refractivity contribution in [2.24, 2.45) is 22.2 Å². The predicted octanol–water partition coefficient (Wildman–Crippen LogP) is 1.14. The van der Waals surface area contributed by atoms with Crippen LogP contribution in [-0.2, 0) is 4.79 Å². The van der Waals surface area contributed by atoms with E-state index in [0.29, 0.717) is 12.8 Å². The molecule has 2 fully saturated rings. The van der Waals surface area contributed by atoms with Crippen LogP contribution in [0, 0.1) is 11.3 Å². The van der Waals surface area contributed by atoms with Crippen molar-refractivity contribution < 1.29 is 10.0 Å². The molecule has 0 aromatic rings. The van der Waals surface area contributed by atoms with E-state index in [-0.39, 0.29) is 23.1 Å². The summed E-state index contributed by atoms with van der Waals surface area (Å²) in [4.78, 5) is 14.9. The van der Waals surface area contributed by atoms with Crippen molar-refractivity contribution in [3.63, 3.8) is 0 Å². The van der Waals surface area contributed by atoms with Crippen LogP contribution >= 0.6 is 0 Å². The lowest BCUT2D eigenvalue weighted by atomic mass is 9.79. The van der Waals surface area contributed by atoms with E-state index >= 15 is 0 Å². The van der Waals surface area contributed by atoms with Gasteiger partial charge >= 0.3 is 0 Å². The number of nitrogens with one attached hydrogen (secondary N) is 1.